The number of hydrogen-bond acceptors (Lipinski definition) is 5. The molecule has 5 nitrogen and oxygen atoms in total. The summed E-state index contributed by atoms with van der Waals surface area (Å²) in [5.41, 5.74) is 5.73. The van der Waals surface area contributed by atoms with Crippen molar-refractivity contribution in [2.45, 2.75) is 24.8 Å². The average Bonchev–Trinajstić information content (AvgIpc) is 2.94. The quantitative estimate of drug-likeness (QED) is 0.925. The molecule has 0 spiro atoms. The summed E-state index contributed by atoms with van der Waals surface area (Å²) in [6.07, 6.45) is 8.09. The lowest BCUT2D eigenvalue weighted by molar-refractivity contribution is 0.229. The Morgan fingerprint density at radius 3 is 2.78 bits per heavy atom. The van der Waals surface area contributed by atoms with E-state index in [1.807, 2.05) is 12.1 Å². The lowest BCUT2D eigenvalue weighted by Crippen LogP contribution is -2.44. The van der Waals surface area contributed by atoms with Crippen LogP contribution in [0.1, 0.15) is 36.7 Å². The molecule has 1 aliphatic rings. The highest BCUT2D eigenvalue weighted by Gasteiger charge is 2.38. The lowest BCUT2D eigenvalue weighted by atomic mass is 9.77. The first-order valence-corrected chi connectivity index (χ1v) is 5.61. The Morgan fingerprint density at radius 2 is 2.17 bits per heavy atom. The second-order valence-electron chi connectivity index (χ2n) is 4.31. The van der Waals surface area contributed by atoms with Crippen molar-refractivity contribution in [3.63, 3.8) is 0 Å². The Morgan fingerprint density at radius 1 is 1.33 bits per heavy atom. The molecule has 6 heteroatoms. The molecule has 0 aromatic carbocycles. The third kappa shape index (κ3) is 2.32. The third-order valence-corrected chi connectivity index (χ3v) is 3.07. The van der Waals surface area contributed by atoms with E-state index in [0.29, 0.717) is 11.7 Å². The molecule has 2 aromatic heterocycles. The summed E-state index contributed by atoms with van der Waals surface area (Å²) in [6.45, 7) is 0. The van der Waals surface area contributed by atoms with Crippen LogP contribution in [-0.2, 0) is 5.54 Å². The molecule has 96 valence electrons. The van der Waals surface area contributed by atoms with Crippen LogP contribution in [0.2, 0.25) is 0 Å². The van der Waals surface area contributed by atoms with E-state index in [1.54, 1.807) is 18.4 Å². The first-order valence-electron chi connectivity index (χ1n) is 5.61. The first-order chi connectivity index (χ1) is 8.26. The Bertz CT molecular complexity index is 529. The van der Waals surface area contributed by atoms with Gasteiger partial charge in [-0.05, 0) is 37.5 Å². The van der Waals surface area contributed by atoms with E-state index < -0.39 is 0 Å². The van der Waals surface area contributed by atoms with E-state index in [9.17, 15) is 0 Å². The summed E-state index contributed by atoms with van der Waals surface area (Å²) in [5.74, 6) is 1.80. The Labute approximate surface area is 110 Å². The molecule has 0 saturated heterocycles. The van der Waals surface area contributed by atoms with Gasteiger partial charge in [-0.25, -0.2) is 0 Å². The van der Waals surface area contributed by atoms with Crippen molar-refractivity contribution in [1.29, 1.82) is 0 Å². The van der Waals surface area contributed by atoms with Crippen LogP contribution in [0.4, 0.5) is 0 Å². The van der Waals surface area contributed by atoms with Crippen LogP contribution < -0.4 is 5.73 Å². The van der Waals surface area contributed by atoms with E-state index in [-0.39, 0.29) is 17.9 Å². The summed E-state index contributed by atoms with van der Waals surface area (Å²) >= 11 is 0. The van der Waals surface area contributed by atoms with Gasteiger partial charge < -0.3 is 14.7 Å². The van der Waals surface area contributed by atoms with Crippen molar-refractivity contribution >= 4 is 24.6 Å². The van der Waals surface area contributed by atoms with Crippen LogP contribution in [0.3, 0.4) is 0 Å². The first kappa shape index (κ1) is 12.9. The second kappa shape index (κ2) is 4.96. The number of nitrogens with two attached hydrogens (primary N) is 1. The van der Waals surface area contributed by atoms with Crippen LogP contribution in [0, 0.1) is 0 Å². The Balaban J connectivity index is 0.00000120. The van der Waals surface area contributed by atoms with E-state index in [1.165, 1.54) is 0 Å². The zero-order valence-corrected chi connectivity index (χ0v) is 10.5. The van der Waals surface area contributed by atoms with Crippen molar-refractivity contribution in [2.75, 3.05) is 0 Å². The molecule has 0 amide bonds. The summed E-state index contributed by atoms with van der Waals surface area (Å²) in [6, 6.07) is 3.67. The van der Waals surface area contributed by atoms with Crippen LogP contribution >= 0.6 is 12.4 Å². The number of hydrogen-bond donors (Lipinski definition) is 1. The third-order valence-electron chi connectivity index (χ3n) is 3.07. The van der Waals surface area contributed by atoms with Gasteiger partial charge in [0, 0.05) is 6.08 Å². The molecule has 1 saturated carbocycles. The molecular weight excluding hydrogens is 254 g/mol. The van der Waals surface area contributed by atoms with Gasteiger partial charge in [0.15, 0.2) is 5.82 Å². The number of halogens is 1. The Hall–Kier alpha value is -1.59. The van der Waals surface area contributed by atoms with Crippen LogP contribution in [0.25, 0.3) is 12.2 Å². The topological polar surface area (TPSA) is 78.1 Å². The molecule has 2 N–H and O–H groups in total. The minimum Gasteiger partial charge on any atom is -0.465 e. The van der Waals surface area contributed by atoms with E-state index >= 15 is 0 Å². The van der Waals surface area contributed by atoms with Gasteiger partial charge in [-0.15, -0.1) is 12.4 Å². The highest BCUT2D eigenvalue weighted by atomic mass is 35.5. The van der Waals surface area contributed by atoms with Gasteiger partial charge in [-0.3, -0.25) is 0 Å². The molecule has 2 heterocycles. The van der Waals surface area contributed by atoms with Crippen LogP contribution in [0.15, 0.2) is 27.3 Å². The van der Waals surface area contributed by atoms with Gasteiger partial charge in [0.05, 0.1) is 11.8 Å². The van der Waals surface area contributed by atoms with E-state index in [2.05, 4.69) is 10.1 Å². The number of furan rings is 1. The summed E-state index contributed by atoms with van der Waals surface area (Å²) < 4.78 is 10.3. The van der Waals surface area contributed by atoms with Gasteiger partial charge in [0.2, 0.25) is 0 Å². The molecule has 3 rings (SSSR count). The maximum absolute atomic E-state index is 6.10. The Kier molecular flexibility index (Phi) is 3.54. The van der Waals surface area contributed by atoms with Gasteiger partial charge in [0.1, 0.15) is 5.76 Å². The smallest absolute Gasteiger partial charge is 0.250 e. The second-order valence-corrected chi connectivity index (χ2v) is 4.31. The van der Waals surface area contributed by atoms with E-state index in [4.69, 9.17) is 14.7 Å². The van der Waals surface area contributed by atoms with Gasteiger partial charge in [-0.1, -0.05) is 5.16 Å². The van der Waals surface area contributed by atoms with Gasteiger partial charge in [0.25, 0.3) is 5.89 Å². The maximum Gasteiger partial charge on any atom is 0.250 e. The van der Waals surface area contributed by atoms with Crippen LogP contribution in [0.5, 0.6) is 0 Å². The predicted molar refractivity (Wildman–Crippen MR) is 68.9 cm³/mol. The minimum atomic E-state index is -0.375. The summed E-state index contributed by atoms with van der Waals surface area (Å²) in [4.78, 5) is 4.27. The largest absolute Gasteiger partial charge is 0.465 e. The molecule has 0 bridgehead atoms. The van der Waals surface area contributed by atoms with Crippen molar-refractivity contribution in [1.82, 2.24) is 10.1 Å². The summed E-state index contributed by atoms with van der Waals surface area (Å²) in [5, 5.41) is 3.92. The molecule has 1 fully saturated rings. The zero-order chi connectivity index (χ0) is 11.7. The molecule has 0 unspecified atom stereocenters. The number of nitrogens with zero attached hydrogens (tertiary/aromatic N) is 2. The number of rotatable bonds is 3. The van der Waals surface area contributed by atoms with Crippen molar-refractivity contribution < 1.29 is 8.94 Å². The molecule has 0 atom stereocenters. The average molecular weight is 268 g/mol. The minimum absolute atomic E-state index is 0. The fraction of sp³-hybridized carbons (Fsp3) is 0.333. The van der Waals surface area contributed by atoms with E-state index in [0.717, 1.165) is 25.0 Å². The molecule has 0 radical (unpaired) electrons. The fourth-order valence-electron chi connectivity index (χ4n) is 1.83. The molecular formula is C12H14ClN3O2. The van der Waals surface area contributed by atoms with Crippen molar-refractivity contribution in [3.8, 4) is 0 Å². The lowest BCUT2D eigenvalue weighted by Gasteiger charge is -2.34. The fourth-order valence-corrected chi connectivity index (χ4v) is 1.83. The highest BCUT2D eigenvalue weighted by molar-refractivity contribution is 5.85. The SMILES string of the molecule is Cl.NC1(c2noc(/C=C/c3ccco3)n2)CCC1. The normalized spacial score (nSPS) is 17.4. The van der Waals surface area contributed by atoms with Crippen LogP contribution in [-0.4, -0.2) is 10.1 Å². The zero-order valence-electron chi connectivity index (χ0n) is 9.70. The molecule has 2 aromatic rings. The standard InChI is InChI=1S/C12H13N3O2.ClH/c13-12(6-2-7-12)11-14-10(17-15-11)5-4-9-3-1-8-16-9;/h1,3-5,8H,2,6-7,13H2;1H/b5-4+;. The predicted octanol–water partition coefficient (Wildman–Crippen LogP) is 2.59. The van der Waals surface area contributed by atoms with Crippen molar-refractivity contribution in [3.05, 3.63) is 35.9 Å². The van der Waals surface area contributed by atoms with Gasteiger partial charge in [-0.2, -0.15) is 4.98 Å². The van der Waals surface area contributed by atoms with Crippen molar-refractivity contribution in [2.24, 2.45) is 5.73 Å². The monoisotopic (exact) mass is 267 g/mol. The maximum atomic E-state index is 6.10. The highest BCUT2D eigenvalue weighted by Crippen LogP contribution is 2.36. The number of aromatic nitrogens is 2. The molecule has 0 aliphatic heterocycles. The summed E-state index contributed by atoms with van der Waals surface area (Å²) in [7, 11) is 0. The molecule has 18 heavy (non-hydrogen) atoms. The molecule has 1 aliphatic carbocycles. The van der Waals surface area contributed by atoms with Gasteiger partial charge >= 0.3 is 0 Å².